The van der Waals surface area contributed by atoms with Crippen LogP contribution in [0.15, 0.2) is 29.2 Å². The predicted octanol–water partition coefficient (Wildman–Crippen LogP) is 0.767. The number of nitrogens with zero attached hydrogens (tertiary/aromatic N) is 3. The maximum Gasteiger partial charge on any atom is 0.251 e. The molecular weight excluding hydrogens is 432 g/mol. The second kappa shape index (κ2) is 10.3. The van der Waals surface area contributed by atoms with Gasteiger partial charge in [-0.2, -0.15) is 0 Å². The number of amides is 2. The number of ether oxygens (including phenoxy) is 1. The zero-order valence-electron chi connectivity index (χ0n) is 19.3. The Labute approximate surface area is 190 Å². The van der Waals surface area contributed by atoms with E-state index in [0.29, 0.717) is 6.54 Å². The molecule has 0 aliphatic carbocycles. The van der Waals surface area contributed by atoms with Crippen molar-refractivity contribution in [3.63, 3.8) is 0 Å². The fourth-order valence-corrected chi connectivity index (χ4v) is 5.40. The number of carbonyl (C=O) groups is 2. The van der Waals surface area contributed by atoms with Crippen molar-refractivity contribution in [2.24, 2.45) is 0 Å². The van der Waals surface area contributed by atoms with Crippen molar-refractivity contribution < 1.29 is 22.7 Å². The van der Waals surface area contributed by atoms with Gasteiger partial charge in [-0.1, -0.05) is 6.07 Å². The third-order valence-corrected chi connectivity index (χ3v) is 7.75. The summed E-state index contributed by atoms with van der Waals surface area (Å²) < 4.78 is 31.5. The first-order valence-electron chi connectivity index (χ1n) is 11.1. The van der Waals surface area contributed by atoms with Crippen LogP contribution in [0.2, 0.25) is 0 Å². The predicted molar refractivity (Wildman–Crippen MR) is 121 cm³/mol. The Morgan fingerprint density at radius 3 is 2.53 bits per heavy atom. The summed E-state index contributed by atoms with van der Waals surface area (Å²) >= 11 is 0. The minimum Gasteiger partial charge on any atom is -0.373 e. The van der Waals surface area contributed by atoms with Gasteiger partial charge in [0, 0.05) is 51.9 Å². The molecule has 1 aromatic rings. The van der Waals surface area contributed by atoms with E-state index in [1.165, 1.54) is 38.4 Å². The van der Waals surface area contributed by atoms with Crippen molar-refractivity contribution in [1.29, 1.82) is 0 Å². The minimum absolute atomic E-state index is 0.0371. The fourth-order valence-electron chi connectivity index (χ4n) is 4.45. The monoisotopic (exact) mass is 466 g/mol. The maximum absolute atomic E-state index is 12.8. The van der Waals surface area contributed by atoms with Crippen molar-refractivity contribution in [2.45, 2.75) is 49.8 Å². The average molecular weight is 467 g/mol. The molecule has 3 rings (SSSR count). The average Bonchev–Trinajstić information content (AvgIpc) is 3.19. The molecular formula is C22H34N4O5S. The molecule has 0 bridgehead atoms. The van der Waals surface area contributed by atoms with Crippen LogP contribution >= 0.6 is 0 Å². The number of sulfonamides is 1. The van der Waals surface area contributed by atoms with Gasteiger partial charge >= 0.3 is 0 Å². The van der Waals surface area contributed by atoms with Crippen LogP contribution in [0.5, 0.6) is 0 Å². The molecule has 2 fully saturated rings. The number of hydrogen-bond donors (Lipinski definition) is 1. The molecule has 10 heteroatoms. The summed E-state index contributed by atoms with van der Waals surface area (Å²) in [6.45, 7) is 7.21. The normalized spacial score (nSPS) is 24.7. The molecule has 2 amide bonds. The van der Waals surface area contributed by atoms with E-state index in [2.05, 4.69) is 24.1 Å². The number of hydrogen-bond acceptors (Lipinski definition) is 6. The highest BCUT2D eigenvalue weighted by atomic mass is 32.2. The first-order chi connectivity index (χ1) is 15.1. The highest BCUT2D eigenvalue weighted by Gasteiger charge is 2.32. The first-order valence-corrected chi connectivity index (χ1v) is 12.5. The lowest BCUT2D eigenvalue weighted by atomic mass is 10.1. The summed E-state index contributed by atoms with van der Waals surface area (Å²) in [5.74, 6) is -0.590. The van der Waals surface area contributed by atoms with E-state index < -0.39 is 15.9 Å². The Kier molecular flexibility index (Phi) is 7.92. The molecule has 3 atom stereocenters. The van der Waals surface area contributed by atoms with Crippen LogP contribution in [0.4, 0.5) is 0 Å². The number of rotatable bonds is 7. The number of carbonyl (C=O) groups excluding carboxylic acids is 2. The van der Waals surface area contributed by atoms with E-state index in [1.54, 1.807) is 0 Å². The molecule has 178 valence electrons. The van der Waals surface area contributed by atoms with Gasteiger partial charge in [0.25, 0.3) is 5.91 Å². The lowest BCUT2D eigenvalue weighted by Crippen LogP contribution is -2.52. The molecule has 0 radical (unpaired) electrons. The standard InChI is InChI=1S/C22H34N4O5S/c1-16-13-25(14-17(2)31-16)15-19-8-6-10-26(19)21(27)12-23-22(28)18-7-5-9-20(11-18)32(29,30)24(3)4/h5,7,9,11,16-17,19H,6,8,10,12-15H2,1-4H3,(H,23,28). The summed E-state index contributed by atoms with van der Waals surface area (Å²) in [5.41, 5.74) is 0.204. The van der Waals surface area contributed by atoms with Gasteiger partial charge in [0.15, 0.2) is 0 Å². The van der Waals surface area contributed by atoms with Crippen molar-refractivity contribution in [3.8, 4) is 0 Å². The smallest absolute Gasteiger partial charge is 0.251 e. The number of likely N-dealkylation sites (tertiary alicyclic amines) is 1. The lowest BCUT2D eigenvalue weighted by molar-refractivity contribution is -0.131. The molecule has 2 heterocycles. The van der Waals surface area contributed by atoms with Crippen LogP contribution in [-0.2, 0) is 19.6 Å². The molecule has 0 saturated carbocycles. The van der Waals surface area contributed by atoms with E-state index in [0.717, 1.165) is 36.8 Å². The topological polar surface area (TPSA) is 99.3 Å². The summed E-state index contributed by atoms with van der Waals surface area (Å²) in [6, 6.07) is 5.96. The molecule has 1 aromatic carbocycles. The van der Waals surface area contributed by atoms with Gasteiger partial charge in [-0.15, -0.1) is 0 Å². The van der Waals surface area contributed by atoms with Crippen LogP contribution in [-0.4, -0.2) is 99.4 Å². The van der Waals surface area contributed by atoms with Crippen molar-refractivity contribution in [3.05, 3.63) is 29.8 Å². The second-order valence-corrected chi connectivity index (χ2v) is 11.0. The molecule has 9 nitrogen and oxygen atoms in total. The van der Waals surface area contributed by atoms with Gasteiger partial charge in [0.05, 0.1) is 23.6 Å². The van der Waals surface area contributed by atoms with Crippen LogP contribution in [0.3, 0.4) is 0 Å². The van der Waals surface area contributed by atoms with E-state index in [9.17, 15) is 18.0 Å². The summed E-state index contributed by atoms with van der Waals surface area (Å²) in [4.78, 5) is 29.7. The van der Waals surface area contributed by atoms with Crippen LogP contribution in [0.25, 0.3) is 0 Å². The van der Waals surface area contributed by atoms with Gasteiger partial charge in [-0.05, 0) is 44.9 Å². The Morgan fingerprint density at radius 2 is 1.88 bits per heavy atom. The number of benzene rings is 1. The third-order valence-electron chi connectivity index (χ3n) is 5.94. The van der Waals surface area contributed by atoms with Gasteiger partial charge in [-0.25, -0.2) is 12.7 Å². The van der Waals surface area contributed by atoms with Crippen LogP contribution < -0.4 is 5.32 Å². The lowest BCUT2D eigenvalue weighted by Gasteiger charge is -2.38. The van der Waals surface area contributed by atoms with Gasteiger partial charge in [-0.3, -0.25) is 14.5 Å². The Hall–Kier alpha value is -2.01. The first kappa shape index (κ1) is 24.6. The van der Waals surface area contributed by atoms with Crippen molar-refractivity contribution in [2.75, 3.05) is 46.8 Å². The molecule has 0 aromatic heterocycles. The molecule has 0 spiro atoms. The van der Waals surface area contributed by atoms with E-state index >= 15 is 0 Å². The molecule has 2 aliphatic rings. The van der Waals surface area contributed by atoms with Crippen LogP contribution in [0, 0.1) is 0 Å². The molecule has 3 unspecified atom stereocenters. The second-order valence-electron chi connectivity index (χ2n) is 8.86. The molecule has 2 aliphatic heterocycles. The van der Waals surface area contributed by atoms with Gasteiger partial charge in [0.1, 0.15) is 0 Å². The van der Waals surface area contributed by atoms with Crippen molar-refractivity contribution >= 4 is 21.8 Å². The summed E-state index contributed by atoms with van der Waals surface area (Å²) in [6.07, 6.45) is 2.25. The Morgan fingerprint density at radius 1 is 1.19 bits per heavy atom. The molecule has 32 heavy (non-hydrogen) atoms. The fraction of sp³-hybridized carbons (Fsp3) is 0.636. The molecule has 1 N–H and O–H groups in total. The SMILES string of the molecule is CC1CN(CC2CCCN2C(=O)CNC(=O)c2cccc(S(=O)(=O)N(C)C)c2)CC(C)O1. The maximum atomic E-state index is 12.8. The van der Waals surface area contributed by atoms with E-state index in [-0.39, 0.29) is 41.2 Å². The largest absolute Gasteiger partial charge is 0.373 e. The van der Waals surface area contributed by atoms with E-state index in [4.69, 9.17) is 4.74 Å². The summed E-state index contributed by atoms with van der Waals surface area (Å²) in [5, 5.41) is 2.65. The van der Waals surface area contributed by atoms with Crippen molar-refractivity contribution in [1.82, 2.24) is 19.4 Å². The Bertz CT molecular complexity index is 926. The third kappa shape index (κ3) is 5.86. The van der Waals surface area contributed by atoms with Gasteiger partial charge < -0.3 is 15.0 Å². The van der Waals surface area contributed by atoms with E-state index in [1.807, 2.05) is 4.90 Å². The number of morpholine rings is 1. The zero-order valence-corrected chi connectivity index (χ0v) is 20.1. The summed E-state index contributed by atoms with van der Waals surface area (Å²) in [7, 11) is -0.770. The minimum atomic E-state index is -3.64. The quantitative estimate of drug-likeness (QED) is 0.637. The molecule has 2 saturated heterocycles. The zero-order chi connectivity index (χ0) is 23.5. The van der Waals surface area contributed by atoms with Gasteiger partial charge in [0.2, 0.25) is 15.9 Å². The van der Waals surface area contributed by atoms with Crippen LogP contribution in [0.1, 0.15) is 37.0 Å². The highest BCUT2D eigenvalue weighted by molar-refractivity contribution is 7.89. The number of nitrogens with one attached hydrogen (secondary N) is 1. The Balaban J connectivity index is 1.57. The highest BCUT2D eigenvalue weighted by Crippen LogP contribution is 2.21.